The number of rotatable bonds is 0. The van der Waals surface area contributed by atoms with Gasteiger partial charge in [-0.2, -0.15) is 0 Å². The maximum Gasteiger partial charge on any atom is 0.105 e. The minimum Gasteiger partial charge on any atom is -0.398 e. The molecule has 2 bridgehead atoms. The number of halogens is 1. The highest BCUT2D eigenvalue weighted by atomic mass is 79.9. The van der Waals surface area contributed by atoms with Gasteiger partial charge in [-0.05, 0) is 47.3 Å². The van der Waals surface area contributed by atoms with Crippen LogP contribution in [0.2, 0.25) is 0 Å². The molecular weight excluding hydrogens is 278 g/mol. The maximum absolute atomic E-state index is 5.89. The SMILES string of the molecule is Nc1ccc2nc3c(nc2c1Br)[C@@H]1CC[C@H]3C1. The lowest BCUT2D eigenvalue weighted by molar-refractivity contribution is 0.685. The van der Waals surface area contributed by atoms with Crippen LogP contribution in [0.4, 0.5) is 5.69 Å². The largest absolute Gasteiger partial charge is 0.398 e. The summed E-state index contributed by atoms with van der Waals surface area (Å²) in [5.74, 6) is 1.29. The number of hydrogen-bond donors (Lipinski definition) is 1. The summed E-state index contributed by atoms with van der Waals surface area (Å²) in [5.41, 5.74) is 11.0. The van der Waals surface area contributed by atoms with Crippen LogP contribution in [0.3, 0.4) is 0 Å². The van der Waals surface area contributed by atoms with Gasteiger partial charge in [0.05, 0.1) is 21.4 Å². The van der Waals surface area contributed by atoms with E-state index in [2.05, 4.69) is 15.9 Å². The van der Waals surface area contributed by atoms with Crippen LogP contribution in [-0.2, 0) is 0 Å². The number of fused-ring (bicyclic) bond motifs is 6. The molecular formula is C13H12BrN3. The highest BCUT2D eigenvalue weighted by Gasteiger charge is 2.39. The van der Waals surface area contributed by atoms with Gasteiger partial charge in [0, 0.05) is 17.5 Å². The van der Waals surface area contributed by atoms with E-state index in [9.17, 15) is 0 Å². The minimum absolute atomic E-state index is 0.639. The molecule has 4 rings (SSSR count). The zero-order valence-electron chi connectivity index (χ0n) is 9.28. The molecule has 0 spiro atoms. The van der Waals surface area contributed by atoms with E-state index in [1.54, 1.807) is 0 Å². The third kappa shape index (κ3) is 1.22. The van der Waals surface area contributed by atoms with E-state index >= 15 is 0 Å². The molecule has 1 saturated carbocycles. The summed E-state index contributed by atoms with van der Waals surface area (Å²) in [4.78, 5) is 9.60. The van der Waals surface area contributed by atoms with Gasteiger partial charge in [0.15, 0.2) is 0 Å². The average molecular weight is 290 g/mol. The van der Waals surface area contributed by atoms with Crippen molar-refractivity contribution in [2.45, 2.75) is 31.1 Å². The molecule has 0 unspecified atom stereocenters. The Labute approximate surface area is 108 Å². The predicted molar refractivity (Wildman–Crippen MR) is 71.0 cm³/mol. The van der Waals surface area contributed by atoms with Gasteiger partial charge in [0.1, 0.15) is 5.52 Å². The zero-order chi connectivity index (χ0) is 11.6. The Morgan fingerprint density at radius 2 is 1.82 bits per heavy atom. The van der Waals surface area contributed by atoms with Crippen LogP contribution >= 0.6 is 15.9 Å². The topological polar surface area (TPSA) is 51.8 Å². The number of nitrogen functional groups attached to an aromatic ring is 1. The molecule has 1 aromatic carbocycles. The van der Waals surface area contributed by atoms with E-state index in [4.69, 9.17) is 15.7 Å². The van der Waals surface area contributed by atoms with E-state index < -0.39 is 0 Å². The molecule has 3 nitrogen and oxygen atoms in total. The Morgan fingerprint density at radius 3 is 2.59 bits per heavy atom. The van der Waals surface area contributed by atoms with Crippen molar-refractivity contribution in [3.05, 3.63) is 28.0 Å². The van der Waals surface area contributed by atoms with Crippen molar-refractivity contribution >= 4 is 32.7 Å². The van der Waals surface area contributed by atoms with Gasteiger partial charge < -0.3 is 5.73 Å². The molecule has 0 saturated heterocycles. The lowest BCUT2D eigenvalue weighted by Crippen LogP contribution is -2.05. The Hall–Kier alpha value is -1.16. The van der Waals surface area contributed by atoms with Gasteiger partial charge in [-0.15, -0.1) is 0 Å². The Morgan fingerprint density at radius 1 is 1.12 bits per heavy atom. The molecule has 2 aliphatic carbocycles. The predicted octanol–water partition coefficient (Wildman–Crippen LogP) is 3.34. The zero-order valence-corrected chi connectivity index (χ0v) is 10.9. The third-order valence-electron chi connectivity index (χ3n) is 4.07. The van der Waals surface area contributed by atoms with E-state index in [1.807, 2.05) is 12.1 Å². The van der Waals surface area contributed by atoms with Crippen molar-refractivity contribution in [2.75, 3.05) is 5.73 Å². The summed E-state index contributed by atoms with van der Waals surface area (Å²) in [6.07, 6.45) is 3.81. The fourth-order valence-corrected chi connectivity index (χ4v) is 3.63. The van der Waals surface area contributed by atoms with Crippen molar-refractivity contribution < 1.29 is 0 Å². The van der Waals surface area contributed by atoms with Gasteiger partial charge in [0.2, 0.25) is 0 Å². The van der Waals surface area contributed by atoms with Crippen molar-refractivity contribution in [3.63, 3.8) is 0 Å². The summed E-state index contributed by atoms with van der Waals surface area (Å²) in [6.45, 7) is 0. The fraction of sp³-hybridized carbons (Fsp3) is 0.385. The summed E-state index contributed by atoms with van der Waals surface area (Å²) in [6, 6.07) is 3.86. The number of nitrogens with two attached hydrogens (primary N) is 1. The Kier molecular flexibility index (Phi) is 1.85. The number of anilines is 1. The number of aromatic nitrogens is 2. The number of benzene rings is 1. The molecule has 1 heterocycles. The molecule has 1 fully saturated rings. The molecule has 17 heavy (non-hydrogen) atoms. The van der Waals surface area contributed by atoms with Crippen molar-refractivity contribution in [1.29, 1.82) is 0 Å². The first-order valence-corrected chi connectivity index (χ1v) is 6.79. The molecule has 2 aliphatic rings. The highest BCUT2D eigenvalue weighted by molar-refractivity contribution is 9.10. The van der Waals surface area contributed by atoms with Crippen LogP contribution in [0.25, 0.3) is 11.0 Å². The molecule has 0 aliphatic heterocycles. The summed E-state index contributed by atoms with van der Waals surface area (Å²) < 4.78 is 0.882. The second kappa shape index (κ2) is 3.19. The van der Waals surface area contributed by atoms with Gasteiger partial charge in [-0.3, -0.25) is 0 Å². The van der Waals surface area contributed by atoms with Crippen LogP contribution in [-0.4, -0.2) is 9.97 Å². The molecule has 2 N–H and O–H groups in total. The molecule has 4 heteroatoms. The van der Waals surface area contributed by atoms with Crippen LogP contribution in [0.5, 0.6) is 0 Å². The van der Waals surface area contributed by atoms with Gasteiger partial charge in [-0.1, -0.05) is 0 Å². The first-order valence-electron chi connectivity index (χ1n) is 5.99. The number of hydrogen-bond acceptors (Lipinski definition) is 3. The third-order valence-corrected chi connectivity index (χ3v) is 4.90. The Bertz CT molecular complexity index is 638. The second-order valence-corrected chi connectivity index (χ2v) is 5.83. The lowest BCUT2D eigenvalue weighted by Gasteiger charge is -2.14. The first kappa shape index (κ1) is 9.83. The van der Waals surface area contributed by atoms with Gasteiger partial charge in [0.25, 0.3) is 0 Å². The fourth-order valence-electron chi connectivity index (χ4n) is 3.21. The van der Waals surface area contributed by atoms with Gasteiger partial charge in [-0.25, -0.2) is 9.97 Å². The molecule has 0 radical (unpaired) electrons. The van der Waals surface area contributed by atoms with E-state index in [1.165, 1.54) is 30.7 Å². The van der Waals surface area contributed by atoms with Gasteiger partial charge >= 0.3 is 0 Å². The van der Waals surface area contributed by atoms with Crippen LogP contribution in [0.1, 0.15) is 42.5 Å². The highest BCUT2D eigenvalue weighted by Crippen LogP contribution is 2.52. The standard InChI is InChI=1S/C13H12BrN3/c14-10-8(15)3-4-9-13(10)17-12-7-2-1-6(5-7)11(12)16-9/h3-4,6-7H,1-2,5,15H2/t6-,7+/m0/s1. The molecule has 86 valence electrons. The Balaban J connectivity index is 2.07. The van der Waals surface area contributed by atoms with Crippen molar-refractivity contribution in [2.24, 2.45) is 0 Å². The molecule has 2 aromatic rings. The number of nitrogens with zero attached hydrogens (tertiary/aromatic N) is 2. The maximum atomic E-state index is 5.89. The van der Waals surface area contributed by atoms with E-state index in [0.29, 0.717) is 11.8 Å². The quantitative estimate of drug-likeness (QED) is 0.757. The molecule has 1 aromatic heterocycles. The van der Waals surface area contributed by atoms with E-state index in [0.717, 1.165) is 21.2 Å². The first-order chi connectivity index (χ1) is 8.24. The average Bonchev–Trinajstić information content (AvgIpc) is 2.94. The smallest absolute Gasteiger partial charge is 0.105 e. The van der Waals surface area contributed by atoms with Crippen LogP contribution < -0.4 is 5.73 Å². The van der Waals surface area contributed by atoms with E-state index in [-0.39, 0.29) is 0 Å². The monoisotopic (exact) mass is 289 g/mol. The lowest BCUT2D eigenvalue weighted by atomic mass is 10.0. The minimum atomic E-state index is 0.639. The summed E-state index contributed by atoms with van der Waals surface area (Å²) in [5, 5.41) is 0. The van der Waals surface area contributed by atoms with Crippen molar-refractivity contribution in [3.8, 4) is 0 Å². The van der Waals surface area contributed by atoms with Crippen LogP contribution in [0.15, 0.2) is 16.6 Å². The summed E-state index contributed by atoms with van der Waals surface area (Å²) in [7, 11) is 0. The molecule has 0 amide bonds. The second-order valence-electron chi connectivity index (χ2n) is 5.04. The van der Waals surface area contributed by atoms with Crippen LogP contribution in [0, 0.1) is 0 Å². The summed E-state index contributed by atoms with van der Waals surface area (Å²) >= 11 is 3.51. The molecule has 2 atom stereocenters. The van der Waals surface area contributed by atoms with Crippen molar-refractivity contribution in [1.82, 2.24) is 9.97 Å². The normalized spacial score (nSPS) is 25.5.